The zero-order chi connectivity index (χ0) is 21.0. The van der Waals surface area contributed by atoms with Crippen LogP contribution in [0.4, 0.5) is 5.69 Å². The van der Waals surface area contributed by atoms with Gasteiger partial charge in [-0.25, -0.2) is 8.42 Å². The molecule has 0 saturated carbocycles. The first kappa shape index (κ1) is 21.1. The van der Waals surface area contributed by atoms with Crippen molar-refractivity contribution in [3.63, 3.8) is 0 Å². The lowest BCUT2D eigenvalue weighted by Crippen LogP contribution is -2.31. The van der Waals surface area contributed by atoms with Crippen molar-refractivity contribution in [1.29, 1.82) is 0 Å². The summed E-state index contributed by atoms with van der Waals surface area (Å²) < 4.78 is 27.2. The maximum atomic E-state index is 12.9. The maximum absolute atomic E-state index is 12.9. The molecular weight excluding hydrogens is 386 g/mol. The molecule has 6 nitrogen and oxygen atoms in total. The van der Waals surface area contributed by atoms with Gasteiger partial charge in [-0.05, 0) is 42.7 Å². The highest BCUT2D eigenvalue weighted by Crippen LogP contribution is 2.24. The molecule has 2 N–H and O–H groups in total. The molecule has 0 unspecified atom stereocenters. The van der Waals surface area contributed by atoms with E-state index in [1.165, 1.54) is 4.31 Å². The van der Waals surface area contributed by atoms with E-state index < -0.39 is 10.0 Å². The van der Waals surface area contributed by atoms with Crippen molar-refractivity contribution in [2.75, 3.05) is 18.4 Å². The summed E-state index contributed by atoms with van der Waals surface area (Å²) in [5.41, 5.74) is 3.29. The van der Waals surface area contributed by atoms with Crippen molar-refractivity contribution in [1.82, 2.24) is 9.29 Å². The first-order valence-corrected chi connectivity index (χ1v) is 11.3. The van der Waals surface area contributed by atoms with Gasteiger partial charge < -0.3 is 10.3 Å². The number of para-hydroxylation sites is 1. The van der Waals surface area contributed by atoms with Crippen molar-refractivity contribution in [2.24, 2.45) is 0 Å². The molecule has 0 saturated heterocycles. The topological polar surface area (TPSA) is 82.3 Å². The monoisotopic (exact) mass is 413 g/mol. The van der Waals surface area contributed by atoms with Crippen LogP contribution in [0.5, 0.6) is 0 Å². The lowest BCUT2D eigenvalue weighted by Gasteiger charge is -2.20. The fourth-order valence-corrected chi connectivity index (χ4v) is 5.18. The molecule has 1 heterocycles. The minimum absolute atomic E-state index is 0.148. The third-order valence-electron chi connectivity index (χ3n) is 5.09. The van der Waals surface area contributed by atoms with E-state index in [1.54, 1.807) is 25.1 Å². The highest BCUT2D eigenvalue weighted by Gasteiger charge is 2.24. The fourth-order valence-electron chi connectivity index (χ4n) is 3.47. The summed E-state index contributed by atoms with van der Waals surface area (Å²) in [4.78, 5) is 15.9. The maximum Gasteiger partial charge on any atom is 0.243 e. The third-order valence-corrected chi connectivity index (χ3v) is 7.28. The lowest BCUT2D eigenvalue weighted by molar-refractivity contribution is -0.116. The molecule has 0 aliphatic carbocycles. The number of benzene rings is 2. The van der Waals surface area contributed by atoms with Gasteiger partial charge in [-0.1, -0.05) is 38.1 Å². The second-order valence-electron chi connectivity index (χ2n) is 6.98. The number of sulfonamides is 1. The Morgan fingerprint density at radius 1 is 1.10 bits per heavy atom. The summed E-state index contributed by atoms with van der Waals surface area (Å²) in [6, 6.07) is 13.0. The summed E-state index contributed by atoms with van der Waals surface area (Å²) >= 11 is 0. The smallest absolute Gasteiger partial charge is 0.243 e. The van der Waals surface area contributed by atoms with Gasteiger partial charge in [-0.15, -0.1) is 0 Å². The van der Waals surface area contributed by atoms with Gasteiger partial charge in [0.1, 0.15) is 0 Å². The number of nitrogens with one attached hydrogen (secondary N) is 2. The van der Waals surface area contributed by atoms with Gasteiger partial charge in [0.05, 0.1) is 4.90 Å². The zero-order valence-electron chi connectivity index (χ0n) is 17.0. The van der Waals surface area contributed by atoms with Crippen LogP contribution < -0.4 is 5.32 Å². The van der Waals surface area contributed by atoms with E-state index in [0.717, 1.165) is 16.5 Å². The number of anilines is 1. The number of H-pyrrole nitrogens is 1. The number of hydrogen-bond acceptors (Lipinski definition) is 3. The normalized spacial score (nSPS) is 11.9. The summed E-state index contributed by atoms with van der Waals surface area (Å²) in [5.74, 6) is -0.148. The molecule has 0 atom stereocenters. The first-order valence-electron chi connectivity index (χ1n) is 9.82. The number of aryl methyl sites for hydroxylation is 2. The highest BCUT2D eigenvalue weighted by atomic mass is 32.2. The highest BCUT2D eigenvalue weighted by molar-refractivity contribution is 7.89. The Labute approximate surface area is 172 Å². The van der Waals surface area contributed by atoms with E-state index in [1.807, 2.05) is 44.3 Å². The third kappa shape index (κ3) is 4.52. The average molecular weight is 414 g/mol. The Morgan fingerprint density at radius 2 is 1.83 bits per heavy atom. The van der Waals surface area contributed by atoms with Crippen molar-refractivity contribution >= 4 is 32.5 Å². The molecule has 7 heteroatoms. The Hall–Kier alpha value is -2.64. The van der Waals surface area contributed by atoms with E-state index >= 15 is 0 Å². The molecule has 0 radical (unpaired) electrons. The van der Waals surface area contributed by atoms with E-state index in [9.17, 15) is 13.2 Å². The molecular formula is C22H27N3O3S. The number of nitrogens with zero attached hydrogens (tertiary/aromatic N) is 1. The summed E-state index contributed by atoms with van der Waals surface area (Å²) in [5, 5.41) is 3.95. The summed E-state index contributed by atoms with van der Waals surface area (Å²) in [7, 11) is -3.58. The molecule has 0 fully saturated rings. The molecule has 3 rings (SSSR count). The van der Waals surface area contributed by atoms with Crippen LogP contribution in [0.2, 0.25) is 0 Å². The van der Waals surface area contributed by atoms with Crippen LogP contribution in [0.15, 0.2) is 53.6 Å². The second-order valence-corrected chi connectivity index (χ2v) is 8.88. The number of hydrogen-bond donors (Lipinski definition) is 2. The van der Waals surface area contributed by atoms with Gasteiger partial charge >= 0.3 is 0 Å². The van der Waals surface area contributed by atoms with Gasteiger partial charge in [0.15, 0.2) is 0 Å². The number of fused-ring (bicyclic) bond motifs is 1. The average Bonchev–Trinajstić information content (AvgIpc) is 3.11. The van der Waals surface area contributed by atoms with E-state index in [-0.39, 0.29) is 10.8 Å². The number of aromatic nitrogens is 1. The number of carbonyl (C=O) groups excluding carboxylic acids is 1. The number of aromatic amines is 1. The molecule has 1 amide bonds. The Kier molecular flexibility index (Phi) is 6.39. The van der Waals surface area contributed by atoms with Gasteiger partial charge in [0, 0.05) is 42.3 Å². The standard InChI is InChI=1S/C22H27N3O3S/c1-4-25(5-2)29(27,28)21-14-18(12-10-16(21)3)24-22(26)13-11-17-15-23-20-9-7-6-8-19(17)20/h6-10,12,14-15,23H,4-5,11,13H2,1-3H3,(H,24,26). The molecule has 0 spiro atoms. The largest absolute Gasteiger partial charge is 0.361 e. The van der Waals surface area contributed by atoms with Crippen LogP contribution in [0.3, 0.4) is 0 Å². The first-order chi connectivity index (χ1) is 13.9. The van der Waals surface area contributed by atoms with Crippen molar-refractivity contribution in [2.45, 2.75) is 38.5 Å². The quantitative estimate of drug-likeness (QED) is 0.584. The van der Waals surface area contributed by atoms with Crippen molar-refractivity contribution in [3.05, 3.63) is 59.8 Å². The number of carbonyl (C=O) groups is 1. The molecule has 1 aromatic heterocycles. The van der Waals surface area contributed by atoms with E-state index in [4.69, 9.17) is 0 Å². The molecule has 3 aromatic rings. The number of amides is 1. The molecule has 0 bridgehead atoms. The minimum atomic E-state index is -3.58. The van der Waals surface area contributed by atoms with E-state index in [2.05, 4.69) is 10.3 Å². The Bertz CT molecular complexity index is 1120. The summed E-state index contributed by atoms with van der Waals surface area (Å²) in [6.07, 6.45) is 2.85. The minimum Gasteiger partial charge on any atom is -0.361 e. The van der Waals surface area contributed by atoms with Crippen LogP contribution in [-0.2, 0) is 21.2 Å². The van der Waals surface area contributed by atoms with Gasteiger partial charge in [0.2, 0.25) is 15.9 Å². The van der Waals surface area contributed by atoms with Crippen molar-refractivity contribution in [3.8, 4) is 0 Å². The van der Waals surface area contributed by atoms with Crippen LogP contribution in [-0.4, -0.2) is 36.7 Å². The predicted octanol–water partition coefficient (Wildman–Crippen LogP) is 4.08. The Balaban J connectivity index is 1.72. The fraction of sp³-hybridized carbons (Fsp3) is 0.318. The van der Waals surface area contributed by atoms with Gasteiger partial charge in [0.25, 0.3) is 0 Å². The molecule has 0 aliphatic heterocycles. The zero-order valence-corrected chi connectivity index (χ0v) is 17.8. The van der Waals surface area contributed by atoms with E-state index in [0.29, 0.717) is 37.2 Å². The van der Waals surface area contributed by atoms with Crippen LogP contribution in [0.1, 0.15) is 31.4 Å². The van der Waals surface area contributed by atoms with Gasteiger partial charge in [-0.3, -0.25) is 4.79 Å². The molecule has 154 valence electrons. The van der Waals surface area contributed by atoms with Gasteiger partial charge in [-0.2, -0.15) is 4.31 Å². The number of rotatable bonds is 8. The van der Waals surface area contributed by atoms with Crippen LogP contribution in [0.25, 0.3) is 10.9 Å². The van der Waals surface area contributed by atoms with Crippen molar-refractivity contribution < 1.29 is 13.2 Å². The SMILES string of the molecule is CCN(CC)S(=O)(=O)c1cc(NC(=O)CCc2c[nH]c3ccccc23)ccc1C. The molecule has 29 heavy (non-hydrogen) atoms. The molecule has 0 aliphatic rings. The predicted molar refractivity (Wildman–Crippen MR) is 117 cm³/mol. The second kappa shape index (κ2) is 8.80. The van der Waals surface area contributed by atoms with Crippen LogP contribution >= 0.6 is 0 Å². The summed E-state index contributed by atoms with van der Waals surface area (Å²) in [6.45, 7) is 6.19. The molecule has 2 aromatic carbocycles. The Morgan fingerprint density at radius 3 is 2.55 bits per heavy atom. The van der Waals surface area contributed by atoms with Crippen LogP contribution in [0, 0.1) is 6.92 Å². The lowest BCUT2D eigenvalue weighted by atomic mass is 10.1.